The van der Waals surface area contributed by atoms with Crippen LogP contribution in [0.1, 0.15) is 17.5 Å². The van der Waals surface area contributed by atoms with Gasteiger partial charge in [-0.25, -0.2) is 0 Å². The zero-order chi connectivity index (χ0) is 14.7. The number of rotatable bonds is 4. The lowest BCUT2D eigenvalue weighted by Crippen LogP contribution is -2.31. The fourth-order valence-corrected chi connectivity index (χ4v) is 1.70. The summed E-state index contributed by atoms with van der Waals surface area (Å²) in [6.07, 6.45) is -0.675. The molecular formula is C14H15NO5. The van der Waals surface area contributed by atoms with E-state index in [1.54, 1.807) is 25.1 Å². The van der Waals surface area contributed by atoms with E-state index in [0.717, 1.165) is 6.07 Å². The van der Waals surface area contributed by atoms with Gasteiger partial charge in [0.05, 0.1) is 18.6 Å². The van der Waals surface area contributed by atoms with E-state index in [9.17, 15) is 9.59 Å². The number of benzene rings is 1. The molecule has 1 aromatic heterocycles. The Hall–Kier alpha value is -2.34. The molecule has 0 saturated heterocycles. The number of amides is 1. The van der Waals surface area contributed by atoms with Crippen LogP contribution in [-0.4, -0.2) is 30.8 Å². The normalized spacial score (nSPS) is 12.2. The molecule has 20 heavy (non-hydrogen) atoms. The lowest BCUT2D eigenvalue weighted by atomic mass is 10.2. The Balaban J connectivity index is 2.40. The molecule has 1 aromatic carbocycles. The number of aliphatic hydroxyl groups is 1. The van der Waals surface area contributed by atoms with Crippen molar-refractivity contribution in [2.24, 2.45) is 0 Å². The summed E-state index contributed by atoms with van der Waals surface area (Å²) in [4.78, 5) is 23.7. The first-order valence-electron chi connectivity index (χ1n) is 6.09. The second kappa shape index (κ2) is 5.75. The molecule has 0 aliphatic rings. The van der Waals surface area contributed by atoms with Gasteiger partial charge in [0, 0.05) is 18.7 Å². The monoisotopic (exact) mass is 277 g/mol. The van der Waals surface area contributed by atoms with Gasteiger partial charge in [0.25, 0.3) is 5.91 Å². The highest BCUT2D eigenvalue weighted by Gasteiger charge is 2.13. The Kier molecular flexibility index (Phi) is 4.05. The fourth-order valence-electron chi connectivity index (χ4n) is 1.70. The third kappa shape index (κ3) is 2.97. The van der Waals surface area contributed by atoms with Crippen LogP contribution < -0.4 is 15.5 Å². The SMILES string of the molecule is COc1ccc2c(=O)cc(C(=O)NCC(C)O)oc2c1. The van der Waals surface area contributed by atoms with Crippen molar-refractivity contribution in [2.45, 2.75) is 13.0 Å². The Bertz CT molecular complexity index is 690. The molecule has 0 bridgehead atoms. The molecule has 1 atom stereocenters. The summed E-state index contributed by atoms with van der Waals surface area (Å²) in [6.45, 7) is 1.63. The molecule has 0 saturated carbocycles. The number of carbonyl (C=O) groups excluding carboxylic acids is 1. The quantitative estimate of drug-likeness (QED) is 0.867. The first-order chi connectivity index (χ1) is 9.51. The Morgan fingerprint density at radius 1 is 1.45 bits per heavy atom. The maximum absolute atomic E-state index is 11.9. The number of nitrogens with one attached hydrogen (secondary N) is 1. The van der Waals surface area contributed by atoms with E-state index in [0.29, 0.717) is 11.1 Å². The van der Waals surface area contributed by atoms with Gasteiger partial charge in [0.2, 0.25) is 0 Å². The van der Waals surface area contributed by atoms with E-state index in [2.05, 4.69) is 5.32 Å². The second-order valence-corrected chi connectivity index (χ2v) is 4.40. The molecular weight excluding hydrogens is 262 g/mol. The van der Waals surface area contributed by atoms with Crippen molar-refractivity contribution in [1.29, 1.82) is 0 Å². The summed E-state index contributed by atoms with van der Waals surface area (Å²) >= 11 is 0. The van der Waals surface area contributed by atoms with Gasteiger partial charge in [-0.05, 0) is 19.1 Å². The van der Waals surface area contributed by atoms with E-state index < -0.39 is 12.0 Å². The molecule has 0 aliphatic heterocycles. The number of carbonyl (C=O) groups is 1. The number of hydrogen-bond donors (Lipinski definition) is 2. The first kappa shape index (κ1) is 14.1. The predicted molar refractivity (Wildman–Crippen MR) is 73.1 cm³/mol. The van der Waals surface area contributed by atoms with Crippen LogP contribution in [0.25, 0.3) is 11.0 Å². The largest absolute Gasteiger partial charge is 0.497 e. The maximum Gasteiger partial charge on any atom is 0.287 e. The highest BCUT2D eigenvalue weighted by Crippen LogP contribution is 2.19. The molecule has 1 heterocycles. The van der Waals surface area contributed by atoms with Gasteiger partial charge in [-0.2, -0.15) is 0 Å². The van der Waals surface area contributed by atoms with E-state index in [1.807, 2.05) is 0 Å². The fraction of sp³-hybridized carbons (Fsp3) is 0.286. The average Bonchev–Trinajstić information content (AvgIpc) is 2.43. The van der Waals surface area contributed by atoms with E-state index in [4.69, 9.17) is 14.3 Å². The van der Waals surface area contributed by atoms with Gasteiger partial charge < -0.3 is 19.6 Å². The number of methoxy groups -OCH3 is 1. The minimum atomic E-state index is -0.675. The van der Waals surface area contributed by atoms with Crippen molar-refractivity contribution >= 4 is 16.9 Å². The molecule has 0 fully saturated rings. The Morgan fingerprint density at radius 2 is 2.20 bits per heavy atom. The molecule has 0 aliphatic carbocycles. The minimum absolute atomic E-state index is 0.0820. The lowest BCUT2D eigenvalue weighted by Gasteiger charge is -2.07. The summed E-state index contributed by atoms with van der Waals surface area (Å²) in [5.41, 5.74) is -0.0323. The van der Waals surface area contributed by atoms with Gasteiger partial charge in [-0.3, -0.25) is 9.59 Å². The van der Waals surface area contributed by atoms with Crippen molar-refractivity contribution in [3.8, 4) is 5.75 Å². The molecule has 2 rings (SSSR count). The van der Waals surface area contributed by atoms with Crippen LogP contribution in [0.2, 0.25) is 0 Å². The van der Waals surface area contributed by atoms with Crippen LogP contribution in [0.15, 0.2) is 33.5 Å². The van der Waals surface area contributed by atoms with Gasteiger partial charge in [0.15, 0.2) is 11.2 Å². The number of hydrogen-bond acceptors (Lipinski definition) is 5. The molecule has 0 spiro atoms. The third-order valence-corrected chi connectivity index (χ3v) is 2.72. The molecule has 106 valence electrons. The van der Waals surface area contributed by atoms with Crippen molar-refractivity contribution in [3.05, 3.63) is 40.2 Å². The van der Waals surface area contributed by atoms with Crippen LogP contribution in [0.3, 0.4) is 0 Å². The zero-order valence-corrected chi connectivity index (χ0v) is 11.2. The van der Waals surface area contributed by atoms with E-state index >= 15 is 0 Å². The van der Waals surface area contributed by atoms with Crippen LogP contribution in [0, 0.1) is 0 Å². The molecule has 0 radical (unpaired) electrons. The van der Waals surface area contributed by atoms with Gasteiger partial charge in [0.1, 0.15) is 11.3 Å². The third-order valence-electron chi connectivity index (χ3n) is 2.72. The predicted octanol–water partition coefficient (Wildman–Crippen LogP) is 0.912. The van der Waals surface area contributed by atoms with Crippen molar-refractivity contribution in [1.82, 2.24) is 5.32 Å². The minimum Gasteiger partial charge on any atom is -0.497 e. The van der Waals surface area contributed by atoms with Crippen LogP contribution in [0.4, 0.5) is 0 Å². The molecule has 6 nitrogen and oxygen atoms in total. The smallest absolute Gasteiger partial charge is 0.287 e. The standard InChI is InChI=1S/C14H15NO5/c1-8(16)7-15-14(18)13-6-11(17)10-4-3-9(19-2)5-12(10)20-13/h3-6,8,16H,7H2,1-2H3,(H,15,18). The Morgan fingerprint density at radius 3 is 2.85 bits per heavy atom. The summed E-state index contributed by atoms with van der Waals surface area (Å²) in [7, 11) is 1.50. The number of aliphatic hydroxyl groups excluding tert-OH is 1. The van der Waals surface area contributed by atoms with Crippen molar-refractivity contribution in [3.63, 3.8) is 0 Å². The summed E-state index contributed by atoms with van der Waals surface area (Å²) in [5.74, 6) is -0.119. The molecule has 6 heteroatoms. The zero-order valence-electron chi connectivity index (χ0n) is 11.2. The van der Waals surface area contributed by atoms with Gasteiger partial charge >= 0.3 is 0 Å². The number of ether oxygens (including phenoxy) is 1. The summed E-state index contributed by atoms with van der Waals surface area (Å²) in [6, 6.07) is 5.90. The highest BCUT2D eigenvalue weighted by molar-refractivity contribution is 5.93. The average molecular weight is 277 g/mol. The molecule has 2 N–H and O–H groups in total. The highest BCUT2D eigenvalue weighted by atomic mass is 16.5. The summed E-state index contributed by atoms with van der Waals surface area (Å²) < 4.78 is 10.5. The van der Waals surface area contributed by atoms with Crippen molar-refractivity contribution < 1.29 is 19.1 Å². The van der Waals surface area contributed by atoms with E-state index in [-0.39, 0.29) is 23.3 Å². The van der Waals surface area contributed by atoms with Crippen LogP contribution in [-0.2, 0) is 0 Å². The maximum atomic E-state index is 11.9. The van der Waals surface area contributed by atoms with Gasteiger partial charge in [-0.1, -0.05) is 0 Å². The van der Waals surface area contributed by atoms with Crippen LogP contribution >= 0.6 is 0 Å². The summed E-state index contributed by atoms with van der Waals surface area (Å²) in [5, 5.41) is 12.0. The van der Waals surface area contributed by atoms with Gasteiger partial charge in [-0.15, -0.1) is 0 Å². The first-order valence-corrected chi connectivity index (χ1v) is 6.09. The van der Waals surface area contributed by atoms with Crippen molar-refractivity contribution in [2.75, 3.05) is 13.7 Å². The molecule has 2 aromatic rings. The molecule has 1 unspecified atom stereocenters. The topological polar surface area (TPSA) is 88.8 Å². The van der Waals surface area contributed by atoms with Crippen LogP contribution in [0.5, 0.6) is 5.75 Å². The molecule has 1 amide bonds. The van der Waals surface area contributed by atoms with E-state index in [1.165, 1.54) is 7.11 Å². The Labute approximate surface area is 115 Å². The second-order valence-electron chi connectivity index (χ2n) is 4.40. The lowest BCUT2D eigenvalue weighted by molar-refractivity contribution is 0.0897. The number of fused-ring (bicyclic) bond motifs is 1.